The Kier molecular flexibility index (Phi) is 11.6. The molecule has 2 aliphatic heterocycles. The van der Waals surface area contributed by atoms with E-state index in [-0.39, 0.29) is 43.9 Å². The van der Waals surface area contributed by atoms with Crippen LogP contribution in [0.1, 0.15) is 101 Å². The largest absolute Gasteiger partial charge is 0.490 e. The number of carboxylic acid groups (broad SMARTS) is 1. The van der Waals surface area contributed by atoms with Gasteiger partial charge >= 0.3 is 5.97 Å². The second kappa shape index (κ2) is 17.2. The lowest BCUT2D eigenvalue weighted by Crippen LogP contribution is -2.56. The molecular weight excluding hydrogens is 761 g/mol. The maximum Gasteiger partial charge on any atom is 0.326 e. The number of carbonyl (C=O) groups excluding carboxylic acids is 2. The summed E-state index contributed by atoms with van der Waals surface area (Å²) in [6, 6.07) is 19.0. The molecule has 3 aromatic carbocycles. The molecule has 1 fully saturated rings. The van der Waals surface area contributed by atoms with Crippen molar-refractivity contribution < 1.29 is 38.1 Å². The third-order valence-electron chi connectivity index (χ3n) is 12.4. The summed E-state index contributed by atoms with van der Waals surface area (Å²) in [5.41, 5.74) is 7.41. The minimum Gasteiger partial charge on any atom is -0.490 e. The van der Waals surface area contributed by atoms with Gasteiger partial charge in [-0.05, 0) is 122 Å². The zero-order valence-corrected chi connectivity index (χ0v) is 34.8. The lowest BCUT2D eigenvalue weighted by Gasteiger charge is -2.37. The molecule has 8 rings (SSSR count). The number of carboxylic acids is 1. The van der Waals surface area contributed by atoms with E-state index in [1.807, 2.05) is 80.6 Å². The van der Waals surface area contributed by atoms with Crippen molar-refractivity contribution in [2.45, 2.75) is 110 Å². The summed E-state index contributed by atoms with van der Waals surface area (Å²) >= 11 is 0. The molecule has 5 aromatic rings. The van der Waals surface area contributed by atoms with Crippen LogP contribution in [0.25, 0.3) is 11.1 Å². The maximum atomic E-state index is 14.2. The van der Waals surface area contributed by atoms with Crippen LogP contribution < -0.4 is 19.5 Å². The van der Waals surface area contributed by atoms with Crippen molar-refractivity contribution in [1.82, 2.24) is 20.2 Å². The van der Waals surface area contributed by atoms with Crippen LogP contribution in [-0.4, -0.2) is 62.6 Å². The Labute approximate surface area is 350 Å². The predicted molar refractivity (Wildman–Crippen MR) is 224 cm³/mol. The predicted octanol–water partition coefficient (Wildman–Crippen LogP) is 8.21. The summed E-state index contributed by atoms with van der Waals surface area (Å²) in [6.45, 7) is 9.89. The molecular formula is C48H52N4O8. The van der Waals surface area contributed by atoms with Gasteiger partial charge in [0, 0.05) is 38.2 Å². The molecule has 1 unspecified atom stereocenters. The number of ether oxygens (including phenoxy) is 3. The molecule has 1 saturated carbocycles. The van der Waals surface area contributed by atoms with E-state index in [4.69, 9.17) is 18.6 Å². The Hall–Kier alpha value is -6.17. The standard InChI is InChI=1S/C48H52N4O8/c1-6-31-9-15-37(16-10-31)59-38-17-13-34(14-18-38)44-26-57-42-23-35-22-41(52(25-36(35)24-43(42)60-44)47(54)45-29(4)58-30(5)50-45)46(53)51-40(48(55)56)21-32-7-11-33(12-8-32)39-19-20-49-28(3)27(39)2/h7-8,11-14,17-20,23-24,31,37,40-41,44H,6,9-10,15-16,21-22,25-26H2,1-5H3,(H,51,53)(H,55,56)/t31?,37?,40?,41-,44+/m0/s1. The second-order valence-corrected chi connectivity index (χ2v) is 16.4. The molecule has 2 amide bonds. The molecule has 3 aliphatic rings. The highest BCUT2D eigenvalue weighted by Crippen LogP contribution is 2.41. The maximum absolute atomic E-state index is 14.2. The van der Waals surface area contributed by atoms with Gasteiger partial charge in [-0.15, -0.1) is 0 Å². The Morgan fingerprint density at radius 2 is 1.67 bits per heavy atom. The first-order valence-electron chi connectivity index (χ1n) is 21.0. The van der Waals surface area contributed by atoms with Crippen molar-refractivity contribution >= 4 is 17.8 Å². The number of rotatable bonds is 11. The highest BCUT2D eigenvalue weighted by molar-refractivity contribution is 5.98. The van der Waals surface area contributed by atoms with E-state index in [2.05, 4.69) is 22.2 Å². The first-order chi connectivity index (χ1) is 28.9. The van der Waals surface area contributed by atoms with Gasteiger partial charge in [0.15, 0.2) is 29.2 Å². The summed E-state index contributed by atoms with van der Waals surface area (Å²) in [4.78, 5) is 51.2. The first-order valence-corrected chi connectivity index (χ1v) is 21.0. The van der Waals surface area contributed by atoms with Crippen molar-refractivity contribution in [3.8, 4) is 28.4 Å². The quantitative estimate of drug-likeness (QED) is 0.133. The molecule has 0 spiro atoms. The van der Waals surface area contributed by atoms with E-state index in [1.54, 1.807) is 20.0 Å². The first kappa shape index (κ1) is 40.6. The normalized spacial score (nSPS) is 20.2. The Morgan fingerprint density at radius 1 is 0.933 bits per heavy atom. The van der Waals surface area contributed by atoms with Crippen LogP contribution in [0.5, 0.6) is 17.2 Å². The monoisotopic (exact) mass is 812 g/mol. The van der Waals surface area contributed by atoms with Gasteiger partial charge in [-0.1, -0.05) is 49.7 Å². The van der Waals surface area contributed by atoms with E-state index in [0.717, 1.165) is 69.1 Å². The number of aromatic nitrogens is 2. The number of nitrogens with zero attached hydrogens (tertiary/aromatic N) is 3. The van der Waals surface area contributed by atoms with Gasteiger partial charge in [0.1, 0.15) is 30.2 Å². The second-order valence-electron chi connectivity index (χ2n) is 16.4. The van der Waals surface area contributed by atoms with Crippen LogP contribution in [0.4, 0.5) is 0 Å². The Bertz CT molecular complexity index is 2380. The summed E-state index contributed by atoms with van der Waals surface area (Å²) in [7, 11) is 0. The van der Waals surface area contributed by atoms with Crippen molar-refractivity contribution in [2.24, 2.45) is 5.92 Å². The number of amides is 2. The zero-order valence-electron chi connectivity index (χ0n) is 34.8. The molecule has 2 aromatic heterocycles. The topological polar surface area (TPSA) is 153 Å². The van der Waals surface area contributed by atoms with Crippen LogP contribution in [0.2, 0.25) is 0 Å². The van der Waals surface area contributed by atoms with Gasteiger partial charge < -0.3 is 34.0 Å². The molecule has 0 bridgehead atoms. The number of oxazole rings is 1. The molecule has 312 valence electrons. The highest BCUT2D eigenvalue weighted by atomic mass is 16.6. The zero-order chi connectivity index (χ0) is 42.1. The average Bonchev–Trinajstić information content (AvgIpc) is 3.60. The number of hydrogen-bond donors (Lipinski definition) is 2. The van der Waals surface area contributed by atoms with Crippen LogP contribution in [-0.2, 0) is 29.0 Å². The Morgan fingerprint density at radius 3 is 2.35 bits per heavy atom. The average molecular weight is 813 g/mol. The molecule has 3 atom stereocenters. The van der Waals surface area contributed by atoms with Crippen molar-refractivity contribution in [2.75, 3.05) is 6.61 Å². The molecule has 1 aliphatic carbocycles. The fourth-order valence-corrected chi connectivity index (χ4v) is 8.71. The molecule has 12 heteroatoms. The van der Waals surface area contributed by atoms with Crippen molar-refractivity contribution in [1.29, 1.82) is 0 Å². The SMILES string of the molecule is CCC1CCC(Oc2ccc([C@H]3COc4cc5c(cc4O3)CN(C(=O)c3nc(C)oc3C)[C@H](C(=O)NC(Cc3ccc(-c4ccnc(C)c4C)cc3)C(=O)O)C5)cc2)CC1. The summed E-state index contributed by atoms with van der Waals surface area (Å²) in [5, 5.41) is 13.1. The fraction of sp³-hybridized carbons (Fsp3) is 0.396. The van der Waals surface area contributed by atoms with E-state index < -0.39 is 29.9 Å². The lowest BCUT2D eigenvalue weighted by atomic mass is 9.86. The third kappa shape index (κ3) is 8.59. The molecule has 0 saturated heterocycles. The molecule has 60 heavy (non-hydrogen) atoms. The van der Waals surface area contributed by atoms with Crippen molar-refractivity contribution in [3.63, 3.8) is 0 Å². The van der Waals surface area contributed by atoms with Gasteiger partial charge in [0.05, 0.1) is 6.10 Å². The summed E-state index contributed by atoms with van der Waals surface area (Å²) < 4.78 is 24.7. The highest BCUT2D eigenvalue weighted by Gasteiger charge is 2.39. The van der Waals surface area contributed by atoms with E-state index in [1.165, 1.54) is 24.2 Å². The third-order valence-corrected chi connectivity index (χ3v) is 12.4. The van der Waals surface area contributed by atoms with Gasteiger partial charge in [0.2, 0.25) is 5.91 Å². The number of pyridine rings is 1. The smallest absolute Gasteiger partial charge is 0.326 e. The van der Waals surface area contributed by atoms with E-state index in [0.29, 0.717) is 23.1 Å². The van der Waals surface area contributed by atoms with Crippen LogP contribution in [0.15, 0.2) is 77.3 Å². The van der Waals surface area contributed by atoms with Crippen LogP contribution in [0, 0.1) is 33.6 Å². The Balaban J connectivity index is 0.991. The number of hydrogen-bond acceptors (Lipinski definition) is 9. The summed E-state index contributed by atoms with van der Waals surface area (Å²) in [5.74, 6) is 1.12. The van der Waals surface area contributed by atoms with Gasteiger partial charge in [-0.25, -0.2) is 9.78 Å². The number of fused-ring (bicyclic) bond motifs is 2. The van der Waals surface area contributed by atoms with E-state index in [9.17, 15) is 19.5 Å². The van der Waals surface area contributed by atoms with Gasteiger partial charge in [-0.3, -0.25) is 14.6 Å². The molecule has 0 radical (unpaired) electrons. The lowest BCUT2D eigenvalue weighted by molar-refractivity contribution is -0.142. The minimum absolute atomic E-state index is 0.0457. The number of aliphatic carboxylic acids is 1. The molecule has 2 N–H and O–H groups in total. The molecule has 4 heterocycles. The number of carbonyl (C=O) groups is 3. The summed E-state index contributed by atoms with van der Waals surface area (Å²) in [6.07, 6.45) is 7.64. The van der Waals surface area contributed by atoms with Crippen LogP contribution in [0.3, 0.4) is 0 Å². The molecule has 12 nitrogen and oxygen atoms in total. The van der Waals surface area contributed by atoms with Crippen molar-refractivity contribution in [3.05, 3.63) is 124 Å². The minimum atomic E-state index is -1.25. The van der Waals surface area contributed by atoms with Crippen LogP contribution >= 0.6 is 0 Å². The van der Waals surface area contributed by atoms with Gasteiger partial charge in [-0.2, -0.15) is 0 Å². The van der Waals surface area contributed by atoms with E-state index >= 15 is 0 Å². The van der Waals surface area contributed by atoms with Gasteiger partial charge in [0.25, 0.3) is 5.91 Å². The number of benzene rings is 3. The fourth-order valence-electron chi connectivity index (χ4n) is 8.71. The number of aryl methyl sites for hydroxylation is 3. The number of nitrogens with one attached hydrogen (secondary N) is 1.